The maximum atomic E-state index is 12.7. The molecule has 0 unspecified atom stereocenters. The van der Waals surface area contributed by atoms with E-state index < -0.39 is 0 Å². The average Bonchev–Trinajstić information content (AvgIpc) is 3.00. The Hall–Kier alpha value is -3.75. The molecule has 0 bridgehead atoms. The number of nitrogens with one attached hydrogen (secondary N) is 3. The summed E-state index contributed by atoms with van der Waals surface area (Å²) in [6, 6.07) is 8.11. The van der Waals surface area contributed by atoms with Crippen LogP contribution in [0.4, 0.5) is 11.4 Å². The third-order valence-corrected chi connectivity index (χ3v) is 4.03. The van der Waals surface area contributed by atoms with E-state index in [0.717, 1.165) is 5.56 Å². The summed E-state index contributed by atoms with van der Waals surface area (Å²) in [6.07, 6.45) is 1.43. The molecule has 27 heavy (non-hydrogen) atoms. The molecule has 1 aromatic carbocycles. The van der Waals surface area contributed by atoms with Gasteiger partial charge in [0.15, 0.2) is 5.82 Å². The summed E-state index contributed by atoms with van der Waals surface area (Å²) in [5.41, 5.74) is 2.57. The van der Waals surface area contributed by atoms with Crippen LogP contribution in [0.2, 0.25) is 0 Å². The van der Waals surface area contributed by atoms with Crippen molar-refractivity contribution in [1.29, 1.82) is 0 Å². The second kappa shape index (κ2) is 7.24. The van der Waals surface area contributed by atoms with Gasteiger partial charge in [-0.15, -0.1) is 0 Å². The van der Waals surface area contributed by atoms with Gasteiger partial charge in [0.05, 0.1) is 17.5 Å². The molecule has 3 aromatic rings. The Kier molecular flexibility index (Phi) is 4.84. The SMILES string of the molecule is CC(=O)Nc1cccc(NC(=O)c2cnn(-c3ccc(=O)[nH]n3)c2C)c1C. The number of nitrogens with zero attached hydrogens (tertiary/aromatic N) is 3. The molecule has 0 aliphatic rings. The third-order valence-electron chi connectivity index (χ3n) is 4.03. The first-order valence-electron chi connectivity index (χ1n) is 8.16. The van der Waals surface area contributed by atoms with Crippen molar-refractivity contribution >= 4 is 23.2 Å². The summed E-state index contributed by atoms with van der Waals surface area (Å²) >= 11 is 0. The monoisotopic (exact) mass is 366 g/mol. The fraction of sp³-hybridized carbons (Fsp3) is 0.167. The van der Waals surface area contributed by atoms with Gasteiger partial charge in [0.2, 0.25) is 5.91 Å². The summed E-state index contributed by atoms with van der Waals surface area (Å²) in [6.45, 7) is 4.96. The second-order valence-corrected chi connectivity index (χ2v) is 5.95. The normalized spacial score (nSPS) is 10.5. The summed E-state index contributed by atoms with van der Waals surface area (Å²) in [5.74, 6) is -0.131. The quantitative estimate of drug-likeness (QED) is 0.650. The smallest absolute Gasteiger partial charge is 0.264 e. The molecule has 138 valence electrons. The molecule has 2 amide bonds. The molecule has 0 aliphatic carbocycles. The van der Waals surface area contributed by atoms with E-state index in [2.05, 4.69) is 25.9 Å². The fourth-order valence-electron chi connectivity index (χ4n) is 2.60. The van der Waals surface area contributed by atoms with E-state index in [-0.39, 0.29) is 17.4 Å². The lowest BCUT2D eigenvalue weighted by Gasteiger charge is -2.12. The molecule has 0 saturated heterocycles. The van der Waals surface area contributed by atoms with Crippen molar-refractivity contribution in [2.45, 2.75) is 20.8 Å². The Bertz CT molecular complexity index is 1060. The molecule has 9 heteroatoms. The van der Waals surface area contributed by atoms with Crippen molar-refractivity contribution in [3.8, 4) is 5.82 Å². The number of anilines is 2. The molecule has 9 nitrogen and oxygen atoms in total. The van der Waals surface area contributed by atoms with Gasteiger partial charge in [-0.25, -0.2) is 9.78 Å². The van der Waals surface area contributed by atoms with Crippen molar-refractivity contribution < 1.29 is 9.59 Å². The van der Waals surface area contributed by atoms with Crippen LogP contribution in [0.25, 0.3) is 5.82 Å². The van der Waals surface area contributed by atoms with Crippen LogP contribution < -0.4 is 16.2 Å². The van der Waals surface area contributed by atoms with Crippen LogP contribution >= 0.6 is 0 Å². The molecule has 0 aliphatic heterocycles. The van der Waals surface area contributed by atoms with E-state index in [9.17, 15) is 14.4 Å². The molecular formula is C18H18N6O3. The number of carbonyl (C=O) groups is 2. The largest absolute Gasteiger partial charge is 0.326 e. The summed E-state index contributed by atoms with van der Waals surface area (Å²) in [5, 5.41) is 16.0. The summed E-state index contributed by atoms with van der Waals surface area (Å²) < 4.78 is 1.46. The Morgan fingerprint density at radius 2 is 1.78 bits per heavy atom. The van der Waals surface area contributed by atoms with Crippen LogP contribution in [0.3, 0.4) is 0 Å². The predicted octanol–water partition coefficient (Wildman–Crippen LogP) is 1.78. The van der Waals surface area contributed by atoms with Gasteiger partial charge in [-0.2, -0.15) is 10.2 Å². The van der Waals surface area contributed by atoms with Crippen molar-refractivity contribution in [2.24, 2.45) is 0 Å². The van der Waals surface area contributed by atoms with E-state index in [0.29, 0.717) is 28.5 Å². The number of carbonyl (C=O) groups excluding carboxylic acids is 2. The standard InChI is InChI=1S/C18H18N6O3/c1-10-14(20-12(3)25)5-4-6-15(10)21-18(27)13-9-19-24(11(13)2)16-7-8-17(26)23-22-16/h4-9H,1-3H3,(H,20,25)(H,21,27)(H,23,26). The number of hydrogen-bond donors (Lipinski definition) is 3. The molecule has 0 saturated carbocycles. The van der Waals surface area contributed by atoms with E-state index >= 15 is 0 Å². The number of benzene rings is 1. The van der Waals surface area contributed by atoms with Gasteiger partial charge >= 0.3 is 0 Å². The van der Waals surface area contributed by atoms with Crippen molar-refractivity contribution in [3.63, 3.8) is 0 Å². The number of aromatic nitrogens is 4. The predicted molar refractivity (Wildman–Crippen MR) is 100 cm³/mol. The first kappa shape index (κ1) is 18.1. The number of H-pyrrole nitrogens is 1. The summed E-state index contributed by atoms with van der Waals surface area (Å²) in [4.78, 5) is 35.1. The first-order chi connectivity index (χ1) is 12.9. The maximum Gasteiger partial charge on any atom is 0.264 e. The lowest BCUT2D eigenvalue weighted by Crippen LogP contribution is -2.15. The number of hydrogen-bond acceptors (Lipinski definition) is 5. The molecule has 2 heterocycles. The zero-order valence-electron chi connectivity index (χ0n) is 15.0. The molecule has 0 fully saturated rings. The molecule has 2 aromatic heterocycles. The van der Waals surface area contributed by atoms with Crippen LogP contribution in [0.1, 0.15) is 28.5 Å². The molecular weight excluding hydrogens is 348 g/mol. The zero-order chi connectivity index (χ0) is 19.6. The third kappa shape index (κ3) is 3.76. The van der Waals surface area contributed by atoms with Gasteiger partial charge in [-0.3, -0.25) is 14.4 Å². The van der Waals surface area contributed by atoms with Crippen LogP contribution in [0.5, 0.6) is 0 Å². The summed E-state index contributed by atoms with van der Waals surface area (Å²) in [7, 11) is 0. The average molecular weight is 366 g/mol. The highest BCUT2D eigenvalue weighted by Crippen LogP contribution is 2.24. The van der Waals surface area contributed by atoms with Gasteiger partial charge in [0.25, 0.3) is 11.5 Å². The van der Waals surface area contributed by atoms with Gasteiger partial charge in [0, 0.05) is 24.4 Å². The number of aromatic amines is 1. The van der Waals surface area contributed by atoms with E-state index in [4.69, 9.17) is 0 Å². The Morgan fingerprint density at radius 3 is 2.41 bits per heavy atom. The number of rotatable bonds is 4. The van der Waals surface area contributed by atoms with Crippen LogP contribution in [0, 0.1) is 13.8 Å². The van der Waals surface area contributed by atoms with Gasteiger partial charge < -0.3 is 10.6 Å². The van der Waals surface area contributed by atoms with E-state index in [1.165, 1.54) is 29.9 Å². The minimum atomic E-state index is -0.341. The van der Waals surface area contributed by atoms with Gasteiger partial charge in [-0.05, 0) is 37.6 Å². The molecule has 3 N–H and O–H groups in total. The maximum absolute atomic E-state index is 12.7. The molecule has 0 atom stereocenters. The van der Waals surface area contributed by atoms with Crippen LogP contribution in [-0.4, -0.2) is 31.8 Å². The minimum Gasteiger partial charge on any atom is -0.326 e. The van der Waals surface area contributed by atoms with Crippen molar-refractivity contribution in [3.05, 3.63) is 63.7 Å². The topological polar surface area (TPSA) is 122 Å². The number of amides is 2. The van der Waals surface area contributed by atoms with Crippen LogP contribution in [-0.2, 0) is 4.79 Å². The van der Waals surface area contributed by atoms with Crippen molar-refractivity contribution in [2.75, 3.05) is 10.6 Å². The van der Waals surface area contributed by atoms with Gasteiger partial charge in [-0.1, -0.05) is 6.07 Å². The first-order valence-corrected chi connectivity index (χ1v) is 8.16. The second-order valence-electron chi connectivity index (χ2n) is 5.95. The Morgan fingerprint density at radius 1 is 1.07 bits per heavy atom. The highest BCUT2D eigenvalue weighted by Gasteiger charge is 2.17. The van der Waals surface area contributed by atoms with Crippen LogP contribution in [0.15, 0.2) is 41.3 Å². The molecule has 0 spiro atoms. The van der Waals surface area contributed by atoms with Gasteiger partial charge in [0.1, 0.15) is 0 Å². The molecule has 3 rings (SSSR count). The Balaban J connectivity index is 1.87. The Labute approximate surface area is 154 Å². The van der Waals surface area contributed by atoms with E-state index in [1.54, 1.807) is 32.0 Å². The highest BCUT2D eigenvalue weighted by atomic mass is 16.2. The molecule has 0 radical (unpaired) electrons. The van der Waals surface area contributed by atoms with Crippen molar-refractivity contribution in [1.82, 2.24) is 20.0 Å². The fourth-order valence-corrected chi connectivity index (χ4v) is 2.60. The lowest BCUT2D eigenvalue weighted by molar-refractivity contribution is -0.114. The minimum absolute atomic E-state index is 0.188. The van der Waals surface area contributed by atoms with E-state index in [1.807, 2.05) is 0 Å². The lowest BCUT2D eigenvalue weighted by atomic mass is 10.1. The highest BCUT2D eigenvalue weighted by molar-refractivity contribution is 6.06. The zero-order valence-corrected chi connectivity index (χ0v) is 15.0.